The molecule has 4 rings (SSSR count). The molecule has 0 radical (unpaired) electrons. The molecule has 0 bridgehead atoms. The van der Waals surface area contributed by atoms with Gasteiger partial charge in [-0.2, -0.15) is 0 Å². The van der Waals surface area contributed by atoms with Gasteiger partial charge in [-0.25, -0.2) is 4.39 Å². The quantitative estimate of drug-likeness (QED) is 0.419. The molecular formula is C27H29FN2O3. The van der Waals surface area contributed by atoms with Crippen molar-refractivity contribution in [3.8, 4) is 5.75 Å². The van der Waals surface area contributed by atoms with Crippen LogP contribution in [0.1, 0.15) is 42.0 Å². The van der Waals surface area contributed by atoms with Crippen LogP contribution in [0.3, 0.4) is 0 Å². The fourth-order valence-corrected chi connectivity index (χ4v) is 4.20. The van der Waals surface area contributed by atoms with Gasteiger partial charge in [-0.15, -0.1) is 0 Å². The zero-order chi connectivity index (χ0) is 23.0. The van der Waals surface area contributed by atoms with E-state index in [-0.39, 0.29) is 24.8 Å². The number of aromatic nitrogens is 1. The third-order valence-electron chi connectivity index (χ3n) is 5.81. The van der Waals surface area contributed by atoms with Crippen LogP contribution in [0.4, 0.5) is 10.1 Å². The summed E-state index contributed by atoms with van der Waals surface area (Å²) in [5, 5.41) is 0. The number of benzene rings is 2. The van der Waals surface area contributed by atoms with Crippen molar-refractivity contribution in [2.24, 2.45) is 0 Å². The molecule has 0 spiro atoms. The number of aryl methyl sites for hydroxylation is 2. The van der Waals surface area contributed by atoms with E-state index in [1.807, 2.05) is 42.7 Å². The number of rotatable bonds is 9. The van der Waals surface area contributed by atoms with Crippen LogP contribution >= 0.6 is 0 Å². The van der Waals surface area contributed by atoms with Crippen LogP contribution in [0.5, 0.6) is 5.75 Å². The number of anilines is 1. The molecule has 0 unspecified atom stereocenters. The van der Waals surface area contributed by atoms with Crippen LogP contribution in [0.2, 0.25) is 0 Å². The predicted molar refractivity (Wildman–Crippen MR) is 126 cm³/mol. The monoisotopic (exact) mass is 448 g/mol. The average Bonchev–Trinajstić information content (AvgIpc) is 2.83. The van der Waals surface area contributed by atoms with E-state index in [4.69, 9.17) is 9.47 Å². The van der Waals surface area contributed by atoms with Crippen LogP contribution in [0.25, 0.3) is 0 Å². The minimum atomic E-state index is -0.324. The van der Waals surface area contributed by atoms with Gasteiger partial charge in [-0.05, 0) is 72.7 Å². The molecular weight excluding hydrogens is 419 g/mol. The Labute approximate surface area is 194 Å². The number of ether oxygens (including phenoxy) is 2. The third kappa shape index (κ3) is 5.89. The molecule has 33 heavy (non-hydrogen) atoms. The molecule has 0 fully saturated rings. The Morgan fingerprint density at radius 3 is 2.76 bits per heavy atom. The summed E-state index contributed by atoms with van der Waals surface area (Å²) in [7, 11) is 0. The normalized spacial score (nSPS) is 12.8. The van der Waals surface area contributed by atoms with Crippen LogP contribution in [0, 0.1) is 5.82 Å². The van der Waals surface area contributed by atoms with Crippen molar-refractivity contribution in [3.05, 3.63) is 89.0 Å². The van der Waals surface area contributed by atoms with Crippen LogP contribution in [0.15, 0.2) is 60.9 Å². The standard InChI is InChI=1S/C27H29FN2O3/c1-2-32-26(31)11-10-22-9-8-21(17-24(22)28)19-33-25-7-3-5-23-6-4-16-30(27(23)25)18-20-12-14-29-15-13-20/h3,5,7-9,12-15,17H,2,4,6,10-11,16,18-19H2,1H3. The van der Waals surface area contributed by atoms with E-state index in [0.717, 1.165) is 42.9 Å². The van der Waals surface area contributed by atoms with Gasteiger partial charge in [0.25, 0.3) is 0 Å². The molecule has 0 N–H and O–H groups in total. The predicted octanol–water partition coefficient (Wildman–Crippen LogP) is 5.25. The summed E-state index contributed by atoms with van der Waals surface area (Å²) in [5.41, 5.74) is 4.85. The van der Waals surface area contributed by atoms with Gasteiger partial charge in [0.05, 0.1) is 12.3 Å². The fraction of sp³-hybridized carbons (Fsp3) is 0.333. The number of pyridine rings is 1. The van der Waals surface area contributed by atoms with Crippen molar-refractivity contribution >= 4 is 11.7 Å². The maximum absolute atomic E-state index is 14.6. The Hall–Kier alpha value is -3.41. The molecule has 0 saturated heterocycles. The molecule has 0 atom stereocenters. The lowest BCUT2D eigenvalue weighted by molar-refractivity contribution is -0.143. The Morgan fingerprint density at radius 1 is 1.12 bits per heavy atom. The van der Waals surface area contributed by atoms with Crippen molar-refractivity contribution < 1.29 is 18.7 Å². The molecule has 0 amide bonds. The van der Waals surface area contributed by atoms with Crippen LogP contribution in [-0.4, -0.2) is 24.1 Å². The highest BCUT2D eigenvalue weighted by atomic mass is 19.1. The SMILES string of the molecule is CCOC(=O)CCc1ccc(COc2cccc3c2N(Cc2ccncc2)CCC3)cc1F. The molecule has 1 aliphatic rings. The van der Waals surface area contributed by atoms with Gasteiger partial charge in [0.2, 0.25) is 0 Å². The molecule has 0 saturated carbocycles. The number of carbonyl (C=O) groups is 1. The lowest BCUT2D eigenvalue weighted by Crippen LogP contribution is -2.29. The summed E-state index contributed by atoms with van der Waals surface area (Å²) >= 11 is 0. The average molecular weight is 449 g/mol. The first-order valence-corrected chi connectivity index (χ1v) is 11.5. The summed E-state index contributed by atoms with van der Waals surface area (Å²) in [5.74, 6) is 0.178. The van der Waals surface area contributed by atoms with E-state index < -0.39 is 0 Å². The minimum Gasteiger partial charge on any atom is -0.487 e. The zero-order valence-electron chi connectivity index (χ0n) is 18.9. The molecule has 3 aromatic rings. The number of nitrogens with zero attached hydrogens (tertiary/aromatic N) is 2. The Kier molecular flexibility index (Phi) is 7.55. The van der Waals surface area contributed by atoms with E-state index in [0.29, 0.717) is 18.6 Å². The first-order chi connectivity index (χ1) is 16.1. The Morgan fingerprint density at radius 2 is 1.97 bits per heavy atom. The van der Waals surface area contributed by atoms with E-state index in [1.54, 1.807) is 13.0 Å². The van der Waals surface area contributed by atoms with Crippen molar-refractivity contribution in [1.82, 2.24) is 4.98 Å². The number of hydrogen-bond acceptors (Lipinski definition) is 5. The number of fused-ring (bicyclic) bond motifs is 1. The Balaban J connectivity index is 1.45. The summed E-state index contributed by atoms with van der Waals surface area (Å²) < 4.78 is 25.7. The molecule has 2 heterocycles. The van der Waals surface area contributed by atoms with Gasteiger partial charge < -0.3 is 14.4 Å². The smallest absolute Gasteiger partial charge is 0.306 e. The maximum Gasteiger partial charge on any atom is 0.306 e. The van der Waals surface area contributed by atoms with E-state index in [1.165, 1.54) is 17.2 Å². The summed E-state index contributed by atoms with van der Waals surface area (Å²) in [4.78, 5) is 18.0. The number of esters is 1. The molecule has 6 heteroatoms. The van der Waals surface area contributed by atoms with Crippen molar-refractivity contribution in [1.29, 1.82) is 0 Å². The first kappa shape index (κ1) is 22.8. The highest BCUT2D eigenvalue weighted by Crippen LogP contribution is 2.37. The minimum absolute atomic E-state index is 0.171. The summed E-state index contributed by atoms with van der Waals surface area (Å²) in [6, 6.07) is 15.3. The highest BCUT2D eigenvalue weighted by molar-refractivity contribution is 5.69. The highest BCUT2D eigenvalue weighted by Gasteiger charge is 2.21. The largest absolute Gasteiger partial charge is 0.487 e. The molecule has 2 aromatic carbocycles. The lowest BCUT2D eigenvalue weighted by atomic mass is 10.0. The van der Waals surface area contributed by atoms with Gasteiger partial charge in [0, 0.05) is 31.9 Å². The van der Waals surface area contributed by atoms with Crippen molar-refractivity contribution in [3.63, 3.8) is 0 Å². The second-order valence-electron chi connectivity index (χ2n) is 8.16. The van der Waals surface area contributed by atoms with Gasteiger partial charge in [0.1, 0.15) is 18.2 Å². The van der Waals surface area contributed by atoms with Crippen LogP contribution < -0.4 is 9.64 Å². The number of halogens is 1. The Bertz CT molecular complexity index is 1090. The van der Waals surface area contributed by atoms with E-state index >= 15 is 0 Å². The number of hydrogen-bond donors (Lipinski definition) is 0. The number of carbonyl (C=O) groups excluding carboxylic acids is 1. The van der Waals surface area contributed by atoms with Crippen molar-refractivity contribution in [2.45, 2.75) is 45.8 Å². The molecule has 5 nitrogen and oxygen atoms in total. The molecule has 0 aliphatic carbocycles. The van der Waals surface area contributed by atoms with E-state index in [9.17, 15) is 9.18 Å². The molecule has 172 valence electrons. The second-order valence-corrected chi connectivity index (χ2v) is 8.16. The maximum atomic E-state index is 14.6. The zero-order valence-corrected chi connectivity index (χ0v) is 18.9. The van der Waals surface area contributed by atoms with Crippen molar-refractivity contribution in [2.75, 3.05) is 18.1 Å². The number of para-hydroxylation sites is 1. The summed E-state index contributed by atoms with van der Waals surface area (Å²) in [6.07, 6.45) is 6.23. The van der Waals surface area contributed by atoms with Gasteiger partial charge in [0.15, 0.2) is 0 Å². The molecule has 1 aromatic heterocycles. The topological polar surface area (TPSA) is 51.7 Å². The second kappa shape index (κ2) is 10.9. The third-order valence-corrected chi connectivity index (χ3v) is 5.81. The van der Waals surface area contributed by atoms with Gasteiger partial charge >= 0.3 is 5.97 Å². The molecule has 1 aliphatic heterocycles. The van der Waals surface area contributed by atoms with Crippen LogP contribution in [-0.2, 0) is 35.5 Å². The van der Waals surface area contributed by atoms with E-state index in [2.05, 4.69) is 16.0 Å². The lowest BCUT2D eigenvalue weighted by Gasteiger charge is -2.33. The fourth-order valence-electron chi connectivity index (χ4n) is 4.20. The van der Waals surface area contributed by atoms with Gasteiger partial charge in [-0.1, -0.05) is 24.3 Å². The van der Waals surface area contributed by atoms with Gasteiger partial charge in [-0.3, -0.25) is 9.78 Å². The first-order valence-electron chi connectivity index (χ1n) is 11.5. The summed E-state index contributed by atoms with van der Waals surface area (Å²) in [6.45, 7) is 4.12.